The first-order valence-electron chi connectivity index (χ1n) is 18.7. The minimum atomic E-state index is -0.0790. The smallest absolute Gasteiger partial charge is 0.0165 e. The van der Waals surface area contributed by atoms with Crippen molar-refractivity contribution in [3.05, 3.63) is 193 Å². The molecule has 0 unspecified atom stereocenters. The Balaban J connectivity index is 1.19. The lowest BCUT2D eigenvalue weighted by molar-refractivity contribution is 0.666. The molecule has 0 aromatic heterocycles. The largest absolute Gasteiger partial charge is 0.0616 e. The molecule has 0 fully saturated rings. The van der Waals surface area contributed by atoms with Crippen LogP contribution in [0.2, 0.25) is 0 Å². The van der Waals surface area contributed by atoms with Gasteiger partial charge in [-0.1, -0.05) is 172 Å². The van der Waals surface area contributed by atoms with Crippen LogP contribution in [0.5, 0.6) is 0 Å². The predicted octanol–water partition coefficient (Wildman–Crippen LogP) is 14.8. The van der Waals surface area contributed by atoms with Crippen molar-refractivity contribution in [2.75, 3.05) is 0 Å². The molecule has 0 amide bonds. The molecule has 1 aliphatic rings. The van der Waals surface area contributed by atoms with Crippen LogP contribution in [-0.2, 0) is 5.41 Å². The summed E-state index contributed by atoms with van der Waals surface area (Å²) in [7, 11) is 0. The van der Waals surface area contributed by atoms with Crippen molar-refractivity contribution < 1.29 is 0 Å². The fraction of sp³-hybridized carbons (Fsp3) is 0.0566. The van der Waals surface area contributed by atoms with Crippen LogP contribution in [0.25, 0.3) is 98.4 Å². The van der Waals surface area contributed by atoms with Crippen molar-refractivity contribution in [2.24, 2.45) is 0 Å². The van der Waals surface area contributed by atoms with Crippen molar-refractivity contribution in [3.8, 4) is 44.5 Å². The summed E-state index contributed by atoms with van der Waals surface area (Å²) in [5, 5.41) is 12.8. The third-order valence-corrected chi connectivity index (χ3v) is 12.0. The molecule has 10 aromatic carbocycles. The van der Waals surface area contributed by atoms with Crippen LogP contribution >= 0.6 is 0 Å². The Kier molecular flexibility index (Phi) is 6.40. The predicted molar refractivity (Wildman–Crippen MR) is 228 cm³/mol. The molecular formula is C53H36. The van der Waals surface area contributed by atoms with Crippen LogP contribution < -0.4 is 0 Å². The molecule has 0 heterocycles. The summed E-state index contributed by atoms with van der Waals surface area (Å²) in [6, 6.07) is 68.1. The van der Waals surface area contributed by atoms with Gasteiger partial charge in [0.05, 0.1) is 0 Å². The second-order valence-electron chi connectivity index (χ2n) is 15.3. The first kappa shape index (κ1) is 30.2. The summed E-state index contributed by atoms with van der Waals surface area (Å²) < 4.78 is 0. The van der Waals surface area contributed by atoms with Crippen LogP contribution in [0, 0.1) is 0 Å². The van der Waals surface area contributed by atoms with Crippen LogP contribution in [0.4, 0.5) is 0 Å². The zero-order valence-corrected chi connectivity index (χ0v) is 29.8. The molecule has 0 saturated carbocycles. The van der Waals surface area contributed by atoms with Crippen molar-refractivity contribution in [3.63, 3.8) is 0 Å². The third kappa shape index (κ3) is 4.49. The van der Waals surface area contributed by atoms with Gasteiger partial charge in [0.2, 0.25) is 0 Å². The topological polar surface area (TPSA) is 0 Å². The van der Waals surface area contributed by atoms with E-state index in [1.165, 1.54) is 109 Å². The van der Waals surface area contributed by atoms with E-state index in [1.54, 1.807) is 0 Å². The standard InChI is InChI=1S/C53H36/c1-53(2)49-28-25-39(31-47(49)46-27-23-35-13-7-8-16-42(35)52(46)53)38-24-26-45-48(32-38)51(41-22-20-34-12-4-6-15-37(34)30-41)44-18-10-9-17-43(44)50(45)40-21-19-33-11-3-5-14-36(33)29-40/h3-32H,1-2H3. The summed E-state index contributed by atoms with van der Waals surface area (Å²) in [4.78, 5) is 0. The van der Waals surface area contributed by atoms with E-state index in [9.17, 15) is 0 Å². The van der Waals surface area contributed by atoms with E-state index in [-0.39, 0.29) is 5.41 Å². The van der Waals surface area contributed by atoms with Gasteiger partial charge in [0.1, 0.15) is 0 Å². The number of hydrogen-bond acceptors (Lipinski definition) is 0. The molecule has 11 rings (SSSR count). The van der Waals surface area contributed by atoms with Gasteiger partial charge < -0.3 is 0 Å². The average molecular weight is 673 g/mol. The minimum Gasteiger partial charge on any atom is -0.0616 e. The Morgan fingerprint density at radius 2 is 0.774 bits per heavy atom. The highest BCUT2D eigenvalue weighted by Crippen LogP contribution is 2.53. The van der Waals surface area contributed by atoms with E-state index in [4.69, 9.17) is 0 Å². The number of rotatable bonds is 3. The van der Waals surface area contributed by atoms with Crippen LogP contribution in [0.3, 0.4) is 0 Å². The quantitative estimate of drug-likeness (QED) is 0.164. The van der Waals surface area contributed by atoms with E-state index >= 15 is 0 Å². The molecule has 0 spiro atoms. The molecular weight excluding hydrogens is 637 g/mol. The molecule has 0 nitrogen and oxygen atoms in total. The van der Waals surface area contributed by atoms with Gasteiger partial charge in [-0.05, 0) is 134 Å². The van der Waals surface area contributed by atoms with Crippen molar-refractivity contribution in [2.45, 2.75) is 19.3 Å². The number of benzene rings is 10. The lowest BCUT2D eigenvalue weighted by Gasteiger charge is -2.23. The SMILES string of the molecule is CC1(C)c2ccc(-c3ccc4c(-c5ccc6ccccc6c5)c5ccccc5c(-c5ccc6ccccc6c5)c4c3)cc2-c2ccc3ccccc3c21. The van der Waals surface area contributed by atoms with Gasteiger partial charge in [-0.2, -0.15) is 0 Å². The number of fused-ring (bicyclic) bond motifs is 9. The highest BCUT2D eigenvalue weighted by molar-refractivity contribution is 6.22. The lowest BCUT2D eigenvalue weighted by Crippen LogP contribution is -2.15. The van der Waals surface area contributed by atoms with E-state index in [1.807, 2.05) is 0 Å². The van der Waals surface area contributed by atoms with Gasteiger partial charge >= 0.3 is 0 Å². The third-order valence-electron chi connectivity index (χ3n) is 12.0. The molecule has 0 atom stereocenters. The average Bonchev–Trinajstić information content (AvgIpc) is 3.44. The van der Waals surface area contributed by atoms with Gasteiger partial charge in [0.15, 0.2) is 0 Å². The Hall–Kier alpha value is -6.50. The molecule has 1 aliphatic carbocycles. The maximum atomic E-state index is 2.46. The molecule has 0 heteroatoms. The second-order valence-corrected chi connectivity index (χ2v) is 15.3. The molecule has 0 bridgehead atoms. The fourth-order valence-corrected chi connectivity index (χ4v) is 9.47. The summed E-state index contributed by atoms with van der Waals surface area (Å²) >= 11 is 0. The lowest BCUT2D eigenvalue weighted by atomic mass is 9.80. The zero-order chi connectivity index (χ0) is 35.3. The van der Waals surface area contributed by atoms with Crippen molar-refractivity contribution in [1.82, 2.24) is 0 Å². The van der Waals surface area contributed by atoms with Gasteiger partial charge in [-0.25, -0.2) is 0 Å². The first-order valence-corrected chi connectivity index (χ1v) is 18.7. The Labute approximate surface area is 309 Å². The van der Waals surface area contributed by atoms with Gasteiger partial charge in [0, 0.05) is 5.41 Å². The maximum Gasteiger partial charge on any atom is 0.0165 e. The maximum absolute atomic E-state index is 2.46. The monoisotopic (exact) mass is 672 g/mol. The van der Waals surface area contributed by atoms with Crippen LogP contribution in [0.15, 0.2) is 182 Å². The van der Waals surface area contributed by atoms with E-state index in [0.717, 1.165) is 0 Å². The minimum absolute atomic E-state index is 0.0790. The molecule has 0 aliphatic heterocycles. The summed E-state index contributed by atoms with van der Waals surface area (Å²) in [5.41, 5.74) is 13.0. The van der Waals surface area contributed by atoms with Gasteiger partial charge in [0.25, 0.3) is 0 Å². The molecule has 10 aromatic rings. The van der Waals surface area contributed by atoms with Gasteiger partial charge in [-0.15, -0.1) is 0 Å². The highest BCUT2D eigenvalue weighted by atomic mass is 14.4. The Morgan fingerprint density at radius 1 is 0.302 bits per heavy atom. The summed E-state index contributed by atoms with van der Waals surface area (Å²) in [6.45, 7) is 4.77. The van der Waals surface area contributed by atoms with E-state index < -0.39 is 0 Å². The first-order chi connectivity index (χ1) is 26.0. The molecule has 0 radical (unpaired) electrons. The van der Waals surface area contributed by atoms with Crippen molar-refractivity contribution in [1.29, 1.82) is 0 Å². The highest BCUT2D eigenvalue weighted by Gasteiger charge is 2.37. The van der Waals surface area contributed by atoms with Crippen molar-refractivity contribution >= 4 is 53.9 Å². The molecule has 0 saturated heterocycles. The summed E-state index contributed by atoms with van der Waals surface area (Å²) in [5.74, 6) is 0. The van der Waals surface area contributed by atoms with Gasteiger partial charge in [-0.3, -0.25) is 0 Å². The summed E-state index contributed by atoms with van der Waals surface area (Å²) in [6.07, 6.45) is 0. The number of hydrogen-bond donors (Lipinski definition) is 0. The van der Waals surface area contributed by atoms with E-state index in [2.05, 4.69) is 196 Å². The molecule has 53 heavy (non-hydrogen) atoms. The zero-order valence-electron chi connectivity index (χ0n) is 29.8. The fourth-order valence-electron chi connectivity index (χ4n) is 9.47. The van der Waals surface area contributed by atoms with Crippen LogP contribution in [0.1, 0.15) is 25.0 Å². The normalized spacial score (nSPS) is 13.2. The Bertz CT molecular complexity index is 3140. The van der Waals surface area contributed by atoms with Crippen LogP contribution in [-0.4, -0.2) is 0 Å². The molecule has 0 N–H and O–H groups in total. The van der Waals surface area contributed by atoms with E-state index in [0.29, 0.717) is 0 Å². The second kappa shape index (κ2) is 11.2. The molecule has 248 valence electrons. The Morgan fingerprint density at radius 3 is 1.43 bits per heavy atom.